The Hall–Kier alpha value is -2.98. The molecule has 9 nitrogen and oxygen atoms in total. The number of anilines is 1. The number of nitrogens with zero attached hydrogens (tertiary/aromatic N) is 4. The molecule has 1 aromatic heterocycles. The van der Waals surface area contributed by atoms with E-state index >= 15 is 0 Å². The van der Waals surface area contributed by atoms with Crippen LogP contribution in [0.25, 0.3) is 0 Å². The Morgan fingerprint density at radius 2 is 1.88 bits per heavy atom. The number of hydrazone groups is 1. The van der Waals surface area contributed by atoms with E-state index in [1.165, 1.54) is 16.9 Å². The molecule has 0 atom stereocenters. The molecule has 1 fully saturated rings. The van der Waals surface area contributed by atoms with Crippen LogP contribution in [-0.4, -0.2) is 71.4 Å². The van der Waals surface area contributed by atoms with Gasteiger partial charge in [-0.3, -0.25) is 15.1 Å². The summed E-state index contributed by atoms with van der Waals surface area (Å²) in [4.78, 5) is 32.2. The molecule has 0 radical (unpaired) electrons. The minimum Gasteiger partial charge on any atom is -0.466 e. The van der Waals surface area contributed by atoms with Gasteiger partial charge in [0.1, 0.15) is 5.60 Å². The molecule has 1 N–H and O–H groups in total. The Morgan fingerprint density at radius 3 is 2.53 bits per heavy atom. The van der Waals surface area contributed by atoms with Crippen LogP contribution < -0.4 is 5.43 Å². The van der Waals surface area contributed by atoms with Crippen LogP contribution in [0.1, 0.15) is 44.5 Å². The van der Waals surface area contributed by atoms with Gasteiger partial charge in [0, 0.05) is 38.1 Å². The number of esters is 1. The van der Waals surface area contributed by atoms with Gasteiger partial charge < -0.3 is 14.4 Å². The minimum atomic E-state index is -0.470. The van der Waals surface area contributed by atoms with Gasteiger partial charge in [-0.15, -0.1) is 11.3 Å². The van der Waals surface area contributed by atoms with Crippen molar-refractivity contribution in [3.63, 3.8) is 0 Å². The van der Waals surface area contributed by atoms with Gasteiger partial charge in [-0.25, -0.2) is 9.78 Å². The number of carbonyl (C=O) groups is 2. The first-order valence-electron chi connectivity index (χ1n) is 11.4. The summed E-state index contributed by atoms with van der Waals surface area (Å²) in [5.74, 6) is -0.284. The maximum absolute atomic E-state index is 12.2. The molecule has 34 heavy (non-hydrogen) atoms. The molecule has 1 amide bonds. The quantitative estimate of drug-likeness (QED) is 0.344. The number of aromatic nitrogens is 1. The number of benzene rings is 1. The molecule has 0 bridgehead atoms. The van der Waals surface area contributed by atoms with Gasteiger partial charge in [0.2, 0.25) is 5.13 Å². The number of piperazine rings is 1. The van der Waals surface area contributed by atoms with Crippen LogP contribution in [0.3, 0.4) is 0 Å². The number of hydrogen-bond donors (Lipinski definition) is 1. The second-order valence-electron chi connectivity index (χ2n) is 8.98. The molecule has 184 valence electrons. The third-order valence-electron chi connectivity index (χ3n) is 4.97. The van der Waals surface area contributed by atoms with Crippen molar-refractivity contribution >= 4 is 34.7 Å². The van der Waals surface area contributed by atoms with Crippen molar-refractivity contribution in [3.8, 4) is 0 Å². The molecule has 3 rings (SSSR count). The zero-order chi connectivity index (χ0) is 24.6. The van der Waals surface area contributed by atoms with Gasteiger partial charge in [-0.1, -0.05) is 24.3 Å². The van der Waals surface area contributed by atoms with Gasteiger partial charge in [-0.2, -0.15) is 5.10 Å². The fourth-order valence-electron chi connectivity index (χ4n) is 3.34. The molecule has 0 spiro atoms. The largest absolute Gasteiger partial charge is 0.466 e. The van der Waals surface area contributed by atoms with Crippen LogP contribution in [0.4, 0.5) is 9.93 Å². The van der Waals surface area contributed by atoms with Crippen molar-refractivity contribution in [2.45, 2.75) is 46.3 Å². The first kappa shape index (κ1) is 25.6. The highest BCUT2D eigenvalue weighted by Gasteiger charge is 2.25. The Labute approximate surface area is 204 Å². The zero-order valence-corrected chi connectivity index (χ0v) is 21.1. The fraction of sp³-hybridized carbons (Fsp3) is 0.500. The van der Waals surface area contributed by atoms with Gasteiger partial charge >= 0.3 is 12.1 Å². The van der Waals surface area contributed by atoms with E-state index < -0.39 is 5.60 Å². The van der Waals surface area contributed by atoms with Gasteiger partial charge in [0.05, 0.1) is 24.9 Å². The molecule has 1 saturated heterocycles. The monoisotopic (exact) mass is 487 g/mol. The number of ether oxygens (including phenoxy) is 2. The first-order chi connectivity index (χ1) is 16.2. The Kier molecular flexibility index (Phi) is 9.00. The van der Waals surface area contributed by atoms with E-state index in [1.807, 2.05) is 38.3 Å². The van der Waals surface area contributed by atoms with Crippen molar-refractivity contribution in [2.24, 2.45) is 5.10 Å². The van der Waals surface area contributed by atoms with E-state index in [-0.39, 0.29) is 18.5 Å². The summed E-state index contributed by atoms with van der Waals surface area (Å²) in [5, 5.41) is 6.67. The molecule has 10 heteroatoms. The second-order valence-corrected chi connectivity index (χ2v) is 9.84. The lowest BCUT2D eigenvalue weighted by Gasteiger charge is -2.35. The van der Waals surface area contributed by atoms with E-state index in [2.05, 4.69) is 32.5 Å². The lowest BCUT2D eigenvalue weighted by atomic mass is 10.1. The van der Waals surface area contributed by atoms with Crippen LogP contribution >= 0.6 is 11.3 Å². The number of thiazole rings is 1. The lowest BCUT2D eigenvalue weighted by molar-refractivity contribution is -0.142. The van der Waals surface area contributed by atoms with Crippen LogP contribution in [0, 0.1) is 0 Å². The molecule has 0 unspecified atom stereocenters. The van der Waals surface area contributed by atoms with Crippen LogP contribution in [0.2, 0.25) is 0 Å². The summed E-state index contributed by atoms with van der Waals surface area (Å²) < 4.78 is 10.4. The summed E-state index contributed by atoms with van der Waals surface area (Å²) >= 11 is 1.39. The first-order valence-corrected chi connectivity index (χ1v) is 12.3. The normalized spacial score (nSPS) is 14.9. The Morgan fingerprint density at radius 1 is 1.18 bits per heavy atom. The third kappa shape index (κ3) is 8.42. The van der Waals surface area contributed by atoms with Crippen molar-refractivity contribution in [2.75, 3.05) is 38.2 Å². The Balaban J connectivity index is 1.42. The molecule has 0 aliphatic carbocycles. The number of carbonyl (C=O) groups excluding carboxylic acids is 2. The summed E-state index contributed by atoms with van der Waals surface area (Å²) in [6, 6.07) is 8.21. The molecule has 2 heterocycles. The summed E-state index contributed by atoms with van der Waals surface area (Å²) in [6.45, 7) is 11.6. The van der Waals surface area contributed by atoms with E-state index in [4.69, 9.17) is 9.47 Å². The number of hydrogen-bond acceptors (Lipinski definition) is 9. The minimum absolute atomic E-state index is 0.160. The van der Waals surface area contributed by atoms with E-state index in [0.717, 1.165) is 25.2 Å². The number of amides is 1. The maximum Gasteiger partial charge on any atom is 0.410 e. The van der Waals surface area contributed by atoms with Gasteiger partial charge in [-0.05, 0) is 38.8 Å². The van der Waals surface area contributed by atoms with Crippen LogP contribution in [-0.2, 0) is 27.2 Å². The topological polar surface area (TPSA) is 96.4 Å². The van der Waals surface area contributed by atoms with Crippen molar-refractivity contribution in [1.29, 1.82) is 0 Å². The lowest BCUT2D eigenvalue weighted by Crippen LogP contribution is -2.49. The molecule has 1 aliphatic heterocycles. The van der Waals surface area contributed by atoms with E-state index in [0.29, 0.717) is 30.5 Å². The van der Waals surface area contributed by atoms with Gasteiger partial charge in [0.25, 0.3) is 0 Å². The predicted molar refractivity (Wildman–Crippen MR) is 133 cm³/mol. The van der Waals surface area contributed by atoms with Crippen LogP contribution in [0.15, 0.2) is 34.7 Å². The summed E-state index contributed by atoms with van der Waals surface area (Å²) in [7, 11) is 0. The molecule has 1 aliphatic rings. The number of nitrogens with one attached hydrogen (secondary N) is 1. The summed E-state index contributed by atoms with van der Waals surface area (Å²) in [6.07, 6.45) is 1.65. The zero-order valence-electron chi connectivity index (χ0n) is 20.2. The van der Waals surface area contributed by atoms with E-state index in [1.54, 1.807) is 18.0 Å². The molecule has 0 saturated carbocycles. The highest BCUT2D eigenvalue weighted by Crippen LogP contribution is 2.16. The average molecular weight is 488 g/mol. The predicted octanol–water partition coefficient (Wildman–Crippen LogP) is 3.75. The van der Waals surface area contributed by atoms with Crippen molar-refractivity contribution in [1.82, 2.24) is 14.8 Å². The molecule has 1 aromatic carbocycles. The van der Waals surface area contributed by atoms with Crippen molar-refractivity contribution < 1.29 is 19.1 Å². The fourth-order valence-corrected chi connectivity index (χ4v) is 4.00. The standard InChI is InChI=1S/C24H33N5O4S/c1-5-32-21(30)14-20-17-34-22(26-20)27-25-15-18-6-8-19(9-7-18)16-28-10-12-29(13-11-28)23(31)33-24(2,3)4/h6-9,15,17H,5,10-14,16H2,1-4H3,(H,26,27). The average Bonchev–Trinajstić information content (AvgIpc) is 3.21. The molecular weight excluding hydrogens is 454 g/mol. The maximum atomic E-state index is 12.2. The van der Waals surface area contributed by atoms with Crippen LogP contribution in [0.5, 0.6) is 0 Å². The highest BCUT2D eigenvalue weighted by atomic mass is 32.1. The SMILES string of the molecule is CCOC(=O)Cc1csc(NN=Cc2ccc(CN3CCN(C(=O)OC(C)(C)C)CC3)cc2)n1. The summed E-state index contributed by atoms with van der Waals surface area (Å²) in [5.41, 5.74) is 5.27. The van der Waals surface area contributed by atoms with Crippen molar-refractivity contribution in [3.05, 3.63) is 46.5 Å². The highest BCUT2D eigenvalue weighted by molar-refractivity contribution is 7.13. The third-order valence-corrected chi connectivity index (χ3v) is 5.76. The molecular formula is C24H33N5O4S. The second kappa shape index (κ2) is 11.9. The Bertz CT molecular complexity index is 976. The number of rotatable bonds is 8. The molecule has 2 aromatic rings. The van der Waals surface area contributed by atoms with E-state index in [9.17, 15) is 9.59 Å². The van der Waals surface area contributed by atoms with Gasteiger partial charge in [0.15, 0.2) is 0 Å². The smallest absolute Gasteiger partial charge is 0.410 e.